The van der Waals surface area contributed by atoms with E-state index in [-0.39, 0.29) is 18.0 Å². The van der Waals surface area contributed by atoms with E-state index in [2.05, 4.69) is 22.5 Å². The number of aromatic nitrogens is 1. The van der Waals surface area contributed by atoms with Gasteiger partial charge in [-0.2, -0.15) is 0 Å². The number of rotatable bonds is 8. The Morgan fingerprint density at radius 1 is 1.35 bits per heavy atom. The average Bonchev–Trinajstić information content (AvgIpc) is 2.69. The van der Waals surface area contributed by atoms with Crippen molar-refractivity contribution in [1.29, 1.82) is 0 Å². The lowest BCUT2D eigenvalue weighted by Crippen LogP contribution is -2.32. The number of nitrogens with zero attached hydrogens (tertiary/aromatic N) is 1. The molecule has 5 nitrogen and oxygen atoms in total. The molecule has 0 spiro atoms. The van der Waals surface area contributed by atoms with Gasteiger partial charge in [0.25, 0.3) is 5.91 Å². The fourth-order valence-electron chi connectivity index (χ4n) is 1.87. The molecule has 0 saturated heterocycles. The molecular weight excluding hydrogens is 272 g/mol. The Balaban J connectivity index is 2.56. The molecule has 4 N–H and O–H groups in total. The van der Waals surface area contributed by atoms with E-state index in [4.69, 9.17) is 5.73 Å². The van der Waals surface area contributed by atoms with Gasteiger partial charge in [-0.1, -0.05) is 37.5 Å². The number of amides is 1. The lowest BCUT2D eigenvalue weighted by Gasteiger charge is -2.12. The van der Waals surface area contributed by atoms with Gasteiger partial charge in [-0.25, -0.2) is 4.98 Å². The van der Waals surface area contributed by atoms with Crippen molar-refractivity contribution in [2.45, 2.75) is 65.5 Å². The van der Waals surface area contributed by atoms with Gasteiger partial charge in [0.05, 0.1) is 0 Å². The number of nitrogens with one attached hydrogen (secondary N) is 2. The maximum absolute atomic E-state index is 12.2. The van der Waals surface area contributed by atoms with Crippen LogP contribution in [-0.2, 0) is 0 Å². The highest BCUT2D eigenvalue weighted by atomic mass is 32.1. The van der Waals surface area contributed by atoms with Crippen LogP contribution in [0.5, 0.6) is 0 Å². The summed E-state index contributed by atoms with van der Waals surface area (Å²) in [6.07, 6.45) is 4.52. The Bertz CT molecular complexity index is 431. The second-order valence-corrected chi connectivity index (χ2v) is 6.40. The Morgan fingerprint density at radius 3 is 2.65 bits per heavy atom. The number of unbranched alkanes of at least 4 members (excludes halogenated alkanes) is 2. The summed E-state index contributed by atoms with van der Waals surface area (Å²) in [6.45, 7) is 8.24. The number of anilines is 2. The molecule has 1 rings (SSSR count). The molecule has 0 bridgehead atoms. The summed E-state index contributed by atoms with van der Waals surface area (Å²) < 4.78 is 0. The Hall–Kier alpha value is -1.30. The molecule has 1 heterocycles. The molecule has 0 fully saturated rings. The number of nitrogen functional groups attached to an aromatic ring is 1. The molecule has 0 aliphatic rings. The first-order valence-corrected chi connectivity index (χ1v) is 8.09. The van der Waals surface area contributed by atoms with Crippen LogP contribution in [0.4, 0.5) is 10.9 Å². The molecule has 0 saturated carbocycles. The predicted molar refractivity (Wildman–Crippen MR) is 86.4 cm³/mol. The highest BCUT2D eigenvalue weighted by Gasteiger charge is 2.18. The monoisotopic (exact) mass is 298 g/mol. The predicted octanol–water partition coefficient (Wildman–Crippen LogP) is 3.24. The fourth-order valence-corrected chi connectivity index (χ4v) is 2.80. The quantitative estimate of drug-likeness (QED) is 0.644. The van der Waals surface area contributed by atoms with Crippen LogP contribution in [0.2, 0.25) is 0 Å². The summed E-state index contributed by atoms with van der Waals surface area (Å²) in [5.74, 6) is 0.178. The van der Waals surface area contributed by atoms with Gasteiger partial charge in [0, 0.05) is 12.1 Å². The van der Waals surface area contributed by atoms with Gasteiger partial charge in [-0.05, 0) is 27.2 Å². The molecule has 0 aliphatic carbocycles. The molecule has 1 aromatic rings. The molecule has 1 aromatic heterocycles. The molecule has 0 aromatic carbocycles. The first-order valence-electron chi connectivity index (χ1n) is 7.27. The molecule has 0 aliphatic heterocycles. The summed E-state index contributed by atoms with van der Waals surface area (Å²) in [4.78, 5) is 16.8. The Kier molecular flexibility index (Phi) is 6.78. The minimum Gasteiger partial charge on any atom is -0.382 e. The number of hydrogen-bond donors (Lipinski definition) is 3. The van der Waals surface area contributed by atoms with Crippen molar-refractivity contribution in [3.05, 3.63) is 4.88 Å². The third-order valence-electron chi connectivity index (χ3n) is 2.89. The molecule has 1 amide bonds. The highest BCUT2D eigenvalue weighted by molar-refractivity contribution is 7.18. The number of nitrogens with two attached hydrogens (primary N) is 1. The average molecular weight is 298 g/mol. The van der Waals surface area contributed by atoms with E-state index in [0.717, 1.165) is 12.8 Å². The number of carbonyl (C=O) groups is 1. The van der Waals surface area contributed by atoms with Crippen LogP contribution in [0.1, 0.15) is 63.0 Å². The van der Waals surface area contributed by atoms with Crippen LogP contribution in [0.3, 0.4) is 0 Å². The van der Waals surface area contributed by atoms with E-state index in [1.807, 2.05) is 20.8 Å². The third-order valence-corrected chi connectivity index (χ3v) is 3.89. The van der Waals surface area contributed by atoms with Crippen molar-refractivity contribution in [3.8, 4) is 0 Å². The van der Waals surface area contributed by atoms with Crippen LogP contribution in [0, 0.1) is 0 Å². The molecule has 1 atom stereocenters. The number of hydrogen-bond acceptors (Lipinski definition) is 5. The second kappa shape index (κ2) is 8.09. The van der Waals surface area contributed by atoms with Gasteiger partial charge < -0.3 is 16.4 Å². The first kappa shape index (κ1) is 16.8. The fraction of sp³-hybridized carbons (Fsp3) is 0.714. The van der Waals surface area contributed by atoms with Gasteiger partial charge in [0.1, 0.15) is 10.7 Å². The van der Waals surface area contributed by atoms with Crippen molar-refractivity contribution >= 4 is 28.2 Å². The van der Waals surface area contributed by atoms with Crippen molar-refractivity contribution in [3.63, 3.8) is 0 Å². The molecule has 20 heavy (non-hydrogen) atoms. The summed E-state index contributed by atoms with van der Waals surface area (Å²) in [5.41, 5.74) is 5.81. The number of carbonyl (C=O) groups excluding carboxylic acids is 1. The smallest absolute Gasteiger partial charge is 0.265 e. The Morgan fingerprint density at radius 2 is 2.05 bits per heavy atom. The highest BCUT2D eigenvalue weighted by Crippen LogP contribution is 2.25. The Labute approximate surface area is 125 Å². The standard InChI is InChI=1S/C14H26N4OS/c1-5-6-7-8-10(4)17-13(19)11-12(15)18-14(20-11)16-9(2)3/h9-10H,5-8,15H2,1-4H3,(H,16,18)(H,17,19). The van der Waals surface area contributed by atoms with Crippen LogP contribution < -0.4 is 16.4 Å². The SMILES string of the molecule is CCCCCC(C)NC(=O)c1sc(NC(C)C)nc1N. The number of thiazole rings is 1. The third kappa shape index (κ3) is 5.36. The van der Waals surface area contributed by atoms with Crippen molar-refractivity contribution in [2.75, 3.05) is 11.1 Å². The van der Waals surface area contributed by atoms with E-state index < -0.39 is 0 Å². The van der Waals surface area contributed by atoms with Crippen LogP contribution in [0.15, 0.2) is 0 Å². The summed E-state index contributed by atoms with van der Waals surface area (Å²) in [5, 5.41) is 6.85. The topological polar surface area (TPSA) is 80.0 Å². The van der Waals surface area contributed by atoms with E-state index >= 15 is 0 Å². The van der Waals surface area contributed by atoms with Crippen molar-refractivity contribution < 1.29 is 4.79 Å². The van der Waals surface area contributed by atoms with Gasteiger partial charge in [-0.15, -0.1) is 0 Å². The normalized spacial score (nSPS) is 12.4. The van der Waals surface area contributed by atoms with Crippen LogP contribution in [0.25, 0.3) is 0 Å². The first-order chi connectivity index (χ1) is 9.43. The van der Waals surface area contributed by atoms with Gasteiger partial charge in [-0.3, -0.25) is 4.79 Å². The zero-order valence-corrected chi connectivity index (χ0v) is 13.6. The van der Waals surface area contributed by atoms with E-state index in [1.54, 1.807) is 0 Å². The van der Waals surface area contributed by atoms with Crippen LogP contribution in [-0.4, -0.2) is 23.0 Å². The van der Waals surface area contributed by atoms with Crippen molar-refractivity contribution in [1.82, 2.24) is 10.3 Å². The second-order valence-electron chi connectivity index (χ2n) is 5.40. The summed E-state index contributed by atoms with van der Waals surface area (Å²) in [6, 6.07) is 0.432. The molecule has 1 unspecified atom stereocenters. The zero-order chi connectivity index (χ0) is 15.1. The lowest BCUT2D eigenvalue weighted by molar-refractivity contribution is 0.0942. The summed E-state index contributed by atoms with van der Waals surface area (Å²) >= 11 is 1.31. The minimum atomic E-state index is -0.124. The molecule has 6 heteroatoms. The van der Waals surface area contributed by atoms with Gasteiger partial charge >= 0.3 is 0 Å². The van der Waals surface area contributed by atoms with E-state index in [9.17, 15) is 4.79 Å². The van der Waals surface area contributed by atoms with Gasteiger partial charge in [0.2, 0.25) is 0 Å². The molecular formula is C14H26N4OS. The maximum Gasteiger partial charge on any atom is 0.265 e. The molecule has 0 radical (unpaired) electrons. The lowest BCUT2D eigenvalue weighted by atomic mass is 10.1. The maximum atomic E-state index is 12.2. The van der Waals surface area contributed by atoms with Crippen molar-refractivity contribution in [2.24, 2.45) is 0 Å². The van der Waals surface area contributed by atoms with E-state index in [1.165, 1.54) is 24.2 Å². The molecule has 114 valence electrons. The largest absolute Gasteiger partial charge is 0.382 e. The van der Waals surface area contributed by atoms with E-state index in [0.29, 0.717) is 15.8 Å². The van der Waals surface area contributed by atoms with Gasteiger partial charge in [0.15, 0.2) is 5.13 Å². The zero-order valence-electron chi connectivity index (χ0n) is 12.8. The summed E-state index contributed by atoms with van der Waals surface area (Å²) in [7, 11) is 0. The van der Waals surface area contributed by atoms with Crippen LogP contribution >= 0.6 is 11.3 Å². The minimum absolute atomic E-state index is 0.124.